The van der Waals surface area contributed by atoms with Crippen LogP contribution >= 0.6 is 0 Å². The van der Waals surface area contributed by atoms with Crippen molar-refractivity contribution >= 4 is 35.4 Å². The van der Waals surface area contributed by atoms with Crippen LogP contribution in [0.3, 0.4) is 0 Å². The largest absolute Gasteiger partial charge is 0.414 e. The first-order valence-electron chi connectivity index (χ1n) is 12.2. The summed E-state index contributed by atoms with van der Waals surface area (Å²) < 4.78 is 56.4. The van der Waals surface area contributed by atoms with Crippen LogP contribution in [-0.4, -0.2) is 85.4 Å². The number of carbonyl (C=O) groups is 2. The molecule has 0 aliphatic carbocycles. The van der Waals surface area contributed by atoms with Crippen molar-refractivity contribution < 1.29 is 27.2 Å². The lowest BCUT2D eigenvalue weighted by Gasteiger charge is -2.44. The van der Waals surface area contributed by atoms with Gasteiger partial charge < -0.3 is 15.1 Å². The lowest BCUT2D eigenvalue weighted by atomic mass is 9.95. The molecule has 13 heteroatoms. The summed E-state index contributed by atoms with van der Waals surface area (Å²) in [5.74, 6) is -4.20. The number of hydrogen-bond donors (Lipinski definition) is 1. The molecule has 1 aromatic heterocycles. The molecule has 9 nitrogen and oxygen atoms in total. The molecular formula is C26H29F4N7O2. The molecule has 2 amide bonds. The summed E-state index contributed by atoms with van der Waals surface area (Å²) in [5.41, 5.74) is -0.500. The van der Waals surface area contributed by atoms with Gasteiger partial charge in [-0.25, -0.2) is 19.4 Å². The lowest BCUT2D eigenvalue weighted by Crippen LogP contribution is -2.55. The maximum absolute atomic E-state index is 15.5. The van der Waals surface area contributed by atoms with Crippen molar-refractivity contribution in [2.24, 2.45) is 10.9 Å². The first kappa shape index (κ1) is 28.1. The molecule has 0 spiro atoms. The molecule has 1 N–H and O–H groups in total. The maximum Gasteiger partial charge on any atom is 0.414 e. The van der Waals surface area contributed by atoms with Crippen LogP contribution in [-0.2, 0) is 9.59 Å². The van der Waals surface area contributed by atoms with Crippen molar-refractivity contribution in [3.05, 3.63) is 42.0 Å². The number of hydrogen-bond acceptors (Lipinski definition) is 7. The highest BCUT2D eigenvalue weighted by Gasteiger charge is 2.43. The second-order valence-electron chi connectivity index (χ2n) is 9.96. The number of piperazine rings is 1. The molecule has 0 saturated carbocycles. The van der Waals surface area contributed by atoms with Crippen molar-refractivity contribution in [2.45, 2.75) is 32.1 Å². The average molecular weight is 548 g/mol. The number of halogens is 4. The molecule has 4 rings (SSSR count). The summed E-state index contributed by atoms with van der Waals surface area (Å²) in [4.78, 5) is 42.2. The smallest absolute Gasteiger partial charge is 0.367 e. The van der Waals surface area contributed by atoms with Crippen molar-refractivity contribution in [1.82, 2.24) is 14.9 Å². The van der Waals surface area contributed by atoms with Gasteiger partial charge in [-0.1, -0.05) is 0 Å². The van der Waals surface area contributed by atoms with E-state index in [9.17, 15) is 22.8 Å². The van der Waals surface area contributed by atoms with Gasteiger partial charge >= 0.3 is 6.18 Å². The Labute approximate surface area is 223 Å². The Morgan fingerprint density at radius 2 is 1.72 bits per heavy atom. The summed E-state index contributed by atoms with van der Waals surface area (Å²) >= 11 is 0. The Kier molecular flexibility index (Phi) is 7.73. The molecule has 2 aromatic rings. The molecule has 1 fully saturated rings. The number of aromatic nitrogens is 2. The number of likely N-dealkylation sites (N-methyl/N-ethyl adjacent to an activating group) is 1. The van der Waals surface area contributed by atoms with Crippen LogP contribution in [0.2, 0.25) is 0 Å². The van der Waals surface area contributed by atoms with E-state index >= 15 is 4.39 Å². The zero-order valence-corrected chi connectivity index (χ0v) is 22.1. The number of carbonyl (C=O) groups excluding carboxylic acids is 2. The zero-order valence-electron chi connectivity index (χ0n) is 22.1. The van der Waals surface area contributed by atoms with E-state index in [-0.39, 0.29) is 23.3 Å². The van der Waals surface area contributed by atoms with Gasteiger partial charge in [0.1, 0.15) is 11.7 Å². The molecular weight excluding hydrogens is 518 g/mol. The van der Waals surface area contributed by atoms with E-state index < -0.39 is 35.3 Å². The number of rotatable bonds is 5. The molecule has 1 aromatic carbocycles. The summed E-state index contributed by atoms with van der Waals surface area (Å²) in [6.45, 7) is 5.00. The summed E-state index contributed by atoms with van der Waals surface area (Å²) in [6.07, 6.45) is -1.08. The monoisotopic (exact) mass is 547 g/mol. The van der Waals surface area contributed by atoms with Gasteiger partial charge in [0.2, 0.25) is 11.9 Å². The summed E-state index contributed by atoms with van der Waals surface area (Å²) in [6, 6.07) is 2.80. The highest BCUT2D eigenvalue weighted by Crippen LogP contribution is 2.38. The van der Waals surface area contributed by atoms with Gasteiger partial charge in [-0.3, -0.25) is 14.5 Å². The molecule has 1 unspecified atom stereocenters. The molecule has 0 bridgehead atoms. The number of aliphatic imine (C=N–C) groups is 1. The number of anilines is 3. The minimum atomic E-state index is -4.92. The number of benzene rings is 1. The third-order valence-corrected chi connectivity index (χ3v) is 6.97. The SMILES string of the molecule is C[C@@H]1CN(c2cc(F)c(-c3cnc(N(C)C)nc3)cc2NC(=O)C2C=NC(=O)C=C2C(F)(F)F)C[C@H](C)N1C. The predicted octanol–water partition coefficient (Wildman–Crippen LogP) is 3.53. The Morgan fingerprint density at radius 3 is 2.28 bits per heavy atom. The van der Waals surface area contributed by atoms with Crippen molar-refractivity contribution in [2.75, 3.05) is 49.3 Å². The zero-order chi connectivity index (χ0) is 28.6. The van der Waals surface area contributed by atoms with Gasteiger partial charge in [0, 0.05) is 75.1 Å². The van der Waals surface area contributed by atoms with E-state index in [1.54, 1.807) is 19.0 Å². The number of nitrogens with zero attached hydrogens (tertiary/aromatic N) is 6. The number of nitrogens with one attached hydrogen (secondary N) is 1. The second kappa shape index (κ2) is 10.7. The fourth-order valence-corrected chi connectivity index (χ4v) is 4.60. The van der Waals surface area contributed by atoms with Gasteiger partial charge in [-0.15, -0.1) is 0 Å². The summed E-state index contributed by atoms with van der Waals surface area (Å²) in [5, 5.41) is 2.55. The van der Waals surface area contributed by atoms with Crippen LogP contribution in [0, 0.1) is 11.7 Å². The van der Waals surface area contributed by atoms with Crippen LogP contribution in [0.25, 0.3) is 11.1 Å². The number of amides is 2. The standard InChI is InChI=1S/C26H29F4N7O2/c1-14-12-37(13-15(2)36(14)5)22-8-20(27)17(16-9-32-25(33-10-16)35(3)4)6-21(22)34-24(39)18-11-31-23(38)7-19(18)26(28,29)30/h6-11,14-15,18H,12-13H2,1-5H3,(H,34,39)/t14-,15+,18?. The normalized spacial score (nSPS) is 22.1. The van der Waals surface area contributed by atoms with Gasteiger partial charge in [-0.2, -0.15) is 13.2 Å². The Hall–Kier alpha value is -3.87. The van der Waals surface area contributed by atoms with Crippen LogP contribution < -0.4 is 15.1 Å². The number of dihydropyridines is 1. The molecule has 1 saturated heterocycles. The van der Waals surface area contributed by atoms with E-state index in [4.69, 9.17) is 0 Å². The molecule has 2 aliphatic rings. The van der Waals surface area contributed by atoms with Gasteiger partial charge in [0.25, 0.3) is 5.91 Å². The van der Waals surface area contributed by atoms with E-state index in [0.29, 0.717) is 42.6 Å². The van der Waals surface area contributed by atoms with Crippen LogP contribution in [0.15, 0.2) is 41.2 Å². The quantitative estimate of drug-likeness (QED) is 0.573. The fraction of sp³-hybridized carbons (Fsp3) is 0.423. The Balaban J connectivity index is 1.77. The van der Waals surface area contributed by atoms with Crippen molar-refractivity contribution in [1.29, 1.82) is 0 Å². The second-order valence-corrected chi connectivity index (χ2v) is 9.96. The average Bonchev–Trinajstić information content (AvgIpc) is 2.87. The van der Waals surface area contributed by atoms with E-state index in [2.05, 4.69) is 25.2 Å². The van der Waals surface area contributed by atoms with Crippen LogP contribution in [0.4, 0.5) is 34.9 Å². The first-order chi connectivity index (χ1) is 18.3. The number of alkyl halides is 3. The molecule has 3 heterocycles. The molecule has 208 valence electrons. The molecule has 0 radical (unpaired) electrons. The molecule has 2 aliphatic heterocycles. The third-order valence-electron chi connectivity index (χ3n) is 6.97. The topological polar surface area (TPSA) is 94.0 Å². The maximum atomic E-state index is 15.5. The minimum Gasteiger partial charge on any atom is -0.367 e. The molecule has 3 atom stereocenters. The minimum absolute atomic E-state index is 0.0636. The highest BCUT2D eigenvalue weighted by molar-refractivity contribution is 6.11. The van der Waals surface area contributed by atoms with E-state index in [1.165, 1.54) is 24.5 Å². The van der Waals surface area contributed by atoms with Crippen LogP contribution in [0.5, 0.6) is 0 Å². The highest BCUT2D eigenvalue weighted by atomic mass is 19.4. The Morgan fingerprint density at radius 1 is 1.10 bits per heavy atom. The fourth-order valence-electron chi connectivity index (χ4n) is 4.60. The Bertz CT molecular complexity index is 1310. The van der Waals surface area contributed by atoms with E-state index in [0.717, 1.165) is 0 Å². The van der Waals surface area contributed by atoms with Crippen LogP contribution in [0.1, 0.15) is 13.8 Å². The van der Waals surface area contributed by atoms with Gasteiger partial charge in [0.15, 0.2) is 0 Å². The molecule has 39 heavy (non-hydrogen) atoms. The van der Waals surface area contributed by atoms with Gasteiger partial charge in [-0.05, 0) is 33.0 Å². The van der Waals surface area contributed by atoms with Gasteiger partial charge in [0.05, 0.1) is 16.9 Å². The van der Waals surface area contributed by atoms with E-state index in [1.807, 2.05) is 25.8 Å². The lowest BCUT2D eigenvalue weighted by molar-refractivity contribution is -0.124. The first-order valence-corrected chi connectivity index (χ1v) is 12.2. The predicted molar refractivity (Wildman–Crippen MR) is 140 cm³/mol. The van der Waals surface area contributed by atoms with Crippen molar-refractivity contribution in [3.63, 3.8) is 0 Å². The summed E-state index contributed by atoms with van der Waals surface area (Å²) in [7, 11) is 5.48. The van der Waals surface area contributed by atoms with Crippen molar-refractivity contribution in [3.8, 4) is 11.1 Å². The third kappa shape index (κ3) is 5.92.